The van der Waals surface area contributed by atoms with Crippen molar-refractivity contribution in [2.45, 2.75) is 6.42 Å². The lowest BCUT2D eigenvalue weighted by molar-refractivity contribution is 0.195. The van der Waals surface area contributed by atoms with Crippen molar-refractivity contribution in [3.05, 3.63) is 66.2 Å². The zero-order valence-corrected chi connectivity index (χ0v) is 13.0. The number of aliphatic hydroxyl groups is 1. The average Bonchev–Trinajstić information content (AvgIpc) is 2.92. The molecule has 1 aliphatic carbocycles. The summed E-state index contributed by atoms with van der Waals surface area (Å²) in [6.45, 7) is 4.26. The van der Waals surface area contributed by atoms with Gasteiger partial charge in [0.15, 0.2) is 0 Å². The molecule has 0 fully saturated rings. The van der Waals surface area contributed by atoms with Crippen LogP contribution in [-0.4, -0.2) is 35.7 Å². The Labute approximate surface area is 136 Å². The van der Waals surface area contributed by atoms with Crippen molar-refractivity contribution in [2.24, 2.45) is 0 Å². The summed E-state index contributed by atoms with van der Waals surface area (Å²) in [7, 11) is 0. The number of amides is 2. The van der Waals surface area contributed by atoms with Crippen LogP contribution in [0.2, 0.25) is 0 Å². The van der Waals surface area contributed by atoms with Gasteiger partial charge in [-0.15, -0.1) is 6.58 Å². The number of urea groups is 1. The molecule has 0 aliphatic heterocycles. The molecular formula is C19H20N2O2. The van der Waals surface area contributed by atoms with Gasteiger partial charge in [0.05, 0.1) is 6.61 Å². The van der Waals surface area contributed by atoms with Crippen LogP contribution >= 0.6 is 0 Å². The third-order valence-corrected chi connectivity index (χ3v) is 4.05. The van der Waals surface area contributed by atoms with E-state index in [1.807, 2.05) is 18.2 Å². The second-order valence-electron chi connectivity index (χ2n) is 5.59. The van der Waals surface area contributed by atoms with Gasteiger partial charge in [-0.25, -0.2) is 4.79 Å². The number of benzene rings is 2. The Kier molecular flexibility index (Phi) is 4.44. The van der Waals surface area contributed by atoms with Gasteiger partial charge in [-0.2, -0.15) is 0 Å². The molecule has 2 N–H and O–H groups in total. The van der Waals surface area contributed by atoms with E-state index in [4.69, 9.17) is 5.11 Å². The number of nitrogens with one attached hydrogen (secondary N) is 1. The van der Waals surface area contributed by atoms with Crippen molar-refractivity contribution in [3.63, 3.8) is 0 Å². The zero-order chi connectivity index (χ0) is 16.2. The van der Waals surface area contributed by atoms with Gasteiger partial charge < -0.3 is 15.3 Å². The van der Waals surface area contributed by atoms with Crippen molar-refractivity contribution in [1.82, 2.24) is 4.90 Å². The molecule has 2 amide bonds. The first-order valence-electron chi connectivity index (χ1n) is 7.72. The second-order valence-corrected chi connectivity index (χ2v) is 5.59. The van der Waals surface area contributed by atoms with Crippen LogP contribution in [0.5, 0.6) is 0 Å². The van der Waals surface area contributed by atoms with E-state index in [-0.39, 0.29) is 19.2 Å². The summed E-state index contributed by atoms with van der Waals surface area (Å²) in [5, 5.41) is 11.9. The number of aliphatic hydroxyl groups excluding tert-OH is 1. The largest absolute Gasteiger partial charge is 0.395 e. The first-order chi connectivity index (χ1) is 11.2. The van der Waals surface area contributed by atoms with Crippen molar-refractivity contribution in [3.8, 4) is 11.1 Å². The van der Waals surface area contributed by atoms with Crippen LogP contribution in [0.1, 0.15) is 11.1 Å². The van der Waals surface area contributed by atoms with Crippen LogP contribution in [0.25, 0.3) is 11.1 Å². The van der Waals surface area contributed by atoms with E-state index in [0.717, 1.165) is 12.1 Å². The summed E-state index contributed by atoms with van der Waals surface area (Å²) in [6, 6.07) is 14.1. The SMILES string of the molecule is C=CCN(CCO)C(=O)Nc1ccc2c(c1)Cc1ccccc1-2. The molecule has 0 aromatic heterocycles. The van der Waals surface area contributed by atoms with Crippen molar-refractivity contribution in [1.29, 1.82) is 0 Å². The third-order valence-electron chi connectivity index (χ3n) is 4.05. The molecule has 1 aliphatic rings. The van der Waals surface area contributed by atoms with E-state index >= 15 is 0 Å². The minimum absolute atomic E-state index is 0.0687. The molecule has 4 heteroatoms. The van der Waals surface area contributed by atoms with Crippen LogP contribution in [0, 0.1) is 0 Å². The Morgan fingerprint density at radius 1 is 1.22 bits per heavy atom. The van der Waals surface area contributed by atoms with Gasteiger partial charge in [0, 0.05) is 18.8 Å². The highest BCUT2D eigenvalue weighted by molar-refractivity contribution is 5.90. The van der Waals surface area contributed by atoms with Crippen LogP contribution < -0.4 is 5.32 Å². The van der Waals surface area contributed by atoms with Gasteiger partial charge in [-0.05, 0) is 40.8 Å². The maximum Gasteiger partial charge on any atom is 0.322 e. The second kappa shape index (κ2) is 6.67. The molecule has 0 unspecified atom stereocenters. The summed E-state index contributed by atoms with van der Waals surface area (Å²) < 4.78 is 0. The number of carbonyl (C=O) groups is 1. The molecule has 0 radical (unpaired) electrons. The topological polar surface area (TPSA) is 52.6 Å². The molecular weight excluding hydrogens is 288 g/mol. The lowest BCUT2D eigenvalue weighted by Gasteiger charge is -2.20. The summed E-state index contributed by atoms with van der Waals surface area (Å²) in [4.78, 5) is 13.8. The fourth-order valence-electron chi connectivity index (χ4n) is 2.98. The number of rotatable bonds is 5. The van der Waals surface area contributed by atoms with E-state index in [0.29, 0.717) is 6.54 Å². The molecule has 4 nitrogen and oxygen atoms in total. The Hall–Kier alpha value is -2.59. The predicted octanol–water partition coefficient (Wildman–Crippen LogP) is 3.27. The highest BCUT2D eigenvalue weighted by Gasteiger charge is 2.19. The van der Waals surface area contributed by atoms with E-state index in [9.17, 15) is 4.79 Å². The molecule has 23 heavy (non-hydrogen) atoms. The molecule has 0 bridgehead atoms. The van der Waals surface area contributed by atoms with Crippen LogP contribution in [0.3, 0.4) is 0 Å². The minimum atomic E-state index is -0.227. The van der Waals surface area contributed by atoms with Crippen LogP contribution in [0.15, 0.2) is 55.1 Å². The van der Waals surface area contributed by atoms with Gasteiger partial charge in [-0.3, -0.25) is 0 Å². The Morgan fingerprint density at radius 3 is 2.78 bits per heavy atom. The predicted molar refractivity (Wildman–Crippen MR) is 92.6 cm³/mol. The molecule has 0 atom stereocenters. The lowest BCUT2D eigenvalue weighted by Crippen LogP contribution is -2.37. The van der Waals surface area contributed by atoms with E-state index in [1.165, 1.54) is 27.2 Å². The maximum atomic E-state index is 12.3. The van der Waals surface area contributed by atoms with E-state index in [2.05, 4.69) is 36.2 Å². The van der Waals surface area contributed by atoms with Crippen LogP contribution in [0.4, 0.5) is 10.5 Å². The molecule has 0 heterocycles. The normalized spacial score (nSPS) is 11.5. The number of hydrogen-bond acceptors (Lipinski definition) is 2. The Morgan fingerprint density at radius 2 is 2.00 bits per heavy atom. The molecule has 2 aromatic carbocycles. The number of anilines is 1. The van der Waals surface area contributed by atoms with Crippen molar-refractivity contribution >= 4 is 11.7 Å². The number of carbonyl (C=O) groups excluding carboxylic acids is 1. The summed E-state index contributed by atoms with van der Waals surface area (Å²) in [6.07, 6.45) is 2.54. The maximum absolute atomic E-state index is 12.3. The van der Waals surface area contributed by atoms with Gasteiger partial charge >= 0.3 is 6.03 Å². The Bertz CT molecular complexity index is 740. The lowest BCUT2D eigenvalue weighted by atomic mass is 10.1. The summed E-state index contributed by atoms with van der Waals surface area (Å²) in [5.74, 6) is 0. The molecule has 2 aromatic rings. The molecule has 118 valence electrons. The quantitative estimate of drug-likeness (QED) is 0.711. The molecule has 0 saturated heterocycles. The smallest absolute Gasteiger partial charge is 0.322 e. The Balaban J connectivity index is 1.77. The monoisotopic (exact) mass is 308 g/mol. The summed E-state index contributed by atoms with van der Waals surface area (Å²) in [5.41, 5.74) is 5.82. The first-order valence-corrected chi connectivity index (χ1v) is 7.72. The van der Waals surface area contributed by atoms with Gasteiger partial charge in [0.25, 0.3) is 0 Å². The zero-order valence-electron chi connectivity index (χ0n) is 13.0. The minimum Gasteiger partial charge on any atom is -0.395 e. The van der Waals surface area contributed by atoms with Gasteiger partial charge in [0.1, 0.15) is 0 Å². The standard InChI is InChI=1S/C19H20N2O2/c1-2-9-21(10-11-22)19(23)20-16-7-8-18-15(13-16)12-14-5-3-4-6-17(14)18/h2-8,13,22H,1,9-12H2,(H,20,23). The number of hydrogen-bond donors (Lipinski definition) is 2. The summed E-state index contributed by atoms with van der Waals surface area (Å²) >= 11 is 0. The number of fused-ring (bicyclic) bond motifs is 3. The van der Waals surface area contributed by atoms with E-state index < -0.39 is 0 Å². The van der Waals surface area contributed by atoms with Gasteiger partial charge in [-0.1, -0.05) is 36.4 Å². The van der Waals surface area contributed by atoms with Gasteiger partial charge in [0.2, 0.25) is 0 Å². The fourth-order valence-corrected chi connectivity index (χ4v) is 2.98. The van der Waals surface area contributed by atoms with E-state index in [1.54, 1.807) is 6.08 Å². The first kappa shape index (κ1) is 15.3. The molecule has 0 saturated carbocycles. The van der Waals surface area contributed by atoms with Crippen molar-refractivity contribution in [2.75, 3.05) is 25.0 Å². The molecule has 3 rings (SSSR count). The molecule has 0 spiro atoms. The van der Waals surface area contributed by atoms with Crippen LogP contribution in [-0.2, 0) is 6.42 Å². The third kappa shape index (κ3) is 3.12. The average molecular weight is 308 g/mol. The number of nitrogens with zero attached hydrogens (tertiary/aromatic N) is 1. The van der Waals surface area contributed by atoms with Crippen molar-refractivity contribution < 1.29 is 9.90 Å². The fraction of sp³-hybridized carbons (Fsp3) is 0.211. The highest BCUT2D eigenvalue weighted by Crippen LogP contribution is 2.37. The highest BCUT2D eigenvalue weighted by atomic mass is 16.3.